The Bertz CT molecular complexity index is 838. The van der Waals surface area contributed by atoms with E-state index in [2.05, 4.69) is 5.32 Å². The molecule has 1 aliphatic carbocycles. The van der Waals surface area contributed by atoms with Gasteiger partial charge in [-0.15, -0.1) is 0 Å². The number of carbonyl (C=O) groups excluding carboxylic acids is 2. The minimum Gasteiger partial charge on any atom is -0.377 e. The number of benzene rings is 1. The van der Waals surface area contributed by atoms with Crippen LogP contribution < -0.4 is 5.32 Å². The molecule has 8 heteroatoms. The van der Waals surface area contributed by atoms with Crippen LogP contribution in [0.1, 0.15) is 49.7 Å². The molecule has 1 aromatic carbocycles. The van der Waals surface area contributed by atoms with Gasteiger partial charge < -0.3 is 15.0 Å². The third-order valence-corrected chi connectivity index (χ3v) is 7.05. The normalized spacial score (nSPS) is 26.3. The summed E-state index contributed by atoms with van der Waals surface area (Å²) >= 11 is 0. The molecule has 0 unspecified atom stereocenters. The van der Waals surface area contributed by atoms with Crippen LogP contribution in [-0.4, -0.2) is 42.5 Å². The first kappa shape index (κ1) is 22.1. The molecule has 5 nitrogen and oxygen atoms in total. The van der Waals surface area contributed by atoms with E-state index in [1.54, 1.807) is 6.92 Å². The second-order valence-corrected chi connectivity index (χ2v) is 9.20. The highest BCUT2D eigenvalue weighted by atomic mass is 19.4. The van der Waals surface area contributed by atoms with E-state index >= 15 is 0 Å². The summed E-state index contributed by atoms with van der Waals surface area (Å²) in [5.74, 6) is 0.992. The molecular weight excluding hydrogens is 409 g/mol. The fourth-order valence-electron chi connectivity index (χ4n) is 4.96. The molecule has 2 aliphatic heterocycles. The van der Waals surface area contributed by atoms with Crippen LogP contribution >= 0.6 is 0 Å². The maximum Gasteiger partial charge on any atom is 0.416 e. The number of ether oxygens (including phenoxy) is 1. The summed E-state index contributed by atoms with van der Waals surface area (Å²) in [5.41, 5.74) is 0.0132. The Kier molecular flexibility index (Phi) is 6.28. The standard InChI is InChI=1S/C23H29F3N2O3/c1-14-9-17(23(24,25)26)5-6-19(14)27-21(29)11-20-18-7-8-28(12-16(18)13-31-20)22(30)10-15-3-2-4-15/h5-6,9,15-16,18,20H,2-4,7-8,10-13H2,1H3,(H,27,29)/t16-,18+,20+/m1/s1. The molecule has 170 valence electrons. The Labute approximate surface area is 180 Å². The van der Waals surface area contributed by atoms with Crippen LogP contribution in [0.4, 0.5) is 18.9 Å². The van der Waals surface area contributed by atoms with E-state index in [0.29, 0.717) is 43.3 Å². The van der Waals surface area contributed by atoms with Crippen LogP contribution in [-0.2, 0) is 20.5 Å². The summed E-state index contributed by atoms with van der Waals surface area (Å²) in [6.45, 7) is 3.47. The number of halogens is 3. The van der Waals surface area contributed by atoms with Crippen molar-refractivity contribution in [2.75, 3.05) is 25.0 Å². The predicted octanol–water partition coefficient (Wildman–Crippen LogP) is 4.40. The van der Waals surface area contributed by atoms with Crippen LogP contribution in [0.25, 0.3) is 0 Å². The van der Waals surface area contributed by atoms with Crippen molar-refractivity contribution in [2.24, 2.45) is 17.8 Å². The zero-order valence-electron chi connectivity index (χ0n) is 17.7. The van der Waals surface area contributed by atoms with Crippen LogP contribution in [0.5, 0.6) is 0 Å². The van der Waals surface area contributed by atoms with Gasteiger partial charge in [0.05, 0.1) is 24.7 Å². The van der Waals surface area contributed by atoms with Crippen LogP contribution in [0.3, 0.4) is 0 Å². The summed E-state index contributed by atoms with van der Waals surface area (Å²) in [4.78, 5) is 27.0. The fourth-order valence-corrected chi connectivity index (χ4v) is 4.96. The maximum atomic E-state index is 12.8. The molecule has 2 amide bonds. The molecule has 4 rings (SSSR count). The Morgan fingerprint density at radius 3 is 2.61 bits per heavy atom. The van der Waals surface area contributed by atoms with E-state index in [-0.39, 0.29) is 36.2 Å². The molecular formula is C23H29F3N2O3. The molecule has 2 heterocycles. The average molecular weight is 438 g/mol. The highest BCUT2D eigenvalue weighted by Crippen LogP contribution is 2.37. The van der Waals surface area contributed by atoms with Crippen molar-refractivity contribution in [3.05, 3.63) is 29.3 Å². The number of carbonyl (C=O) groups is 2. The van der Waals surface area contributed by atoms with Gasteiger partial charge >= 0.3 is 6.18 Å². The Morgan fingerprint density at radius 2 is 1.97 bits per heavy atom. The van der Waals surface area contributed by atoms with Crippen molar-refractivity contribution in [3.63, 3.8) is 0 Å². The number of nitrogens with one attached hydrogen (secondary N) is 1. The average Bonchev–Trinajstić information content (AvgIpc) is 3.07. The van der Waals surface area contributed by atoms with Gasteiger partial charge in [-0.3, -0.25) is 9.59 Å². The molecule has 31 heavy (non-hydrogen) atoms. The van der Waals surface area contributed by atoms with Crippen molar-refractivity contribution in [1.29, 1.82) is 0 Å². The third kappa shape index (κ3) is 5.05. The summed E-state index contributed by atoms with van der Waals surface area (Å²) in [6, 6.07) is 3.30. The number of hydrogen-bond acceptors (Lipinski definition) is 3. The molecule has 1 saturated carbocycles. The van der Waals surface area contributed by atoms with Crippen molar-refractivity contribution in [1.82, 2.24) is 4.90 Å². The molecule has 1 N–H and O–H groups in total. The van der Waals surface area contributed by atoms with E-state index in [4.69, 9.17) is 4.74 Å². The van der Waals surface area contributed by atoms with Crippen molar-refractivity contribution in [3.8, 4) is 0 Å². The van der Waals surface area contributed by atoms with Crippen LogP contribution in [0.2, 0.25) is 0 Å². The Morgan fingerprint density at radius 1 is 1.19 bits per heavy atom. The van der Waals surface area contributed by atoms with Gasteiger partial charge in [0.15, 0.2) is 0 Å². The van der Waals surface area contributed by atoms with Gasteiger partial charge in [-0.25, -0.2) is 0 Å². The van der Waals surface area contributed by atoms with Gasteiger partial charge in [0.1, 0.15) is 0 Å². The molecule has 3 fully saturated rings. The smallest absolute Gasteiger partial charge is 0.377 e. The summed E-state index contributed by atoms with van der Waals surface area (Å²) in [6.07, 6.45) is 0.547. The van der Waals surface area contributed by atoms with Gasteiger partial charge in [0.2, 0.25) is 11.8 Å². The van der Waals surface area contributed by atoms with E-state index in [1.807, 2.05) is 4.90 Å². The van der Waals surface area contributed by atoms with E-state index in [1.165, 1.54) is 12.5 Å². The number of rotatable bonds is 5. The third-order valence-electron chi connectivity index (χ3n) is 7.05. The van der Waals surface area contributed by atoms with Gasteiger partial charge in [0.25, 0.3) is 0 Å². The van der Waals surface area contributed by atoms with Gasteiger partial charge in [0, 0.05) is 31.1 Å². The molecule has 2 saturated heterocycles. The summed E-state index contributed by atoms with van der Waals surface area (Å²) < 4.78 is 44.4. The molecule has 0 aromatic heterocycles. The Hall–Kier alpha value is -2.09. The molecule has 0 spiro atoms. The van der Waals surface area contributed by atoms with Crippen molar-refractivity contribution < 1.29 is 27.5 Å². The molecule has 0 bridgehead atoms. The number of aryl methyl sites for hydroxylation is 1. The van der Waals surface area contributed by atoms with Crippen molar-refractivity contribution in [2.45, 2.75) is 57.7 Å². The number of likely N-dealkylation sites (tertiary alicyclic amines) is 1. The quantitative estimate of drug-likeness (QED) is 0.742. The van der Waals surface area contributed by atoms with Crippen LogP contribution in [0, 0.1) is 24.7 Å². The highest BCUT2D eigenvalue weighted by Gasteiger charge is 2.42. The minimum absolute atomic E-state index is 0.164. The lowest BCUT2D eigenvalue weighted by molar-refractivity contribution is -0.137. The topological polar surface area (TPSA) is 58.6 Å². The first-order valence-electron chi connectivity index (χ1n) is 11.1. The maximum absolute atomic E-state index is 12.8. The lowest BCUT2D eigenvalue weighted by Gasteiger charge is -2.37. The number of fused-ring (bicyclic) bond motifs is 1. The lowest BCUT2D eigenvalue weighted by atomic mass is 9.81. The van der Waals surface area contributed by atoms with Crippen molar-refractivity contribution >= 4 is 17.5 Å². The van der Waals surface area contributed by atoms with Crippen LogP contribution in [0.15, 0.2) is 18.2 Å². The zero-order chi connectivity index (χ0) is 22.2. The molecule has 0 radical (unpaired) electrons. The highest BCUT2D eigenvalue weighted by molar-refractivity contribution is 5.91. The largest absolute Gasteiger partial charge is 0.416 e. The van der Waals surface area contributed by atoms with E-state index in [9.17, 15) is 22.8 Å². The fraction of sp³-hybridized carbons (Fsp3) is 0.652. The zero-order valence-corrected chi connectivity index (χ0v) is 17.7. The summed E-state index contributed by atoms with van der Waals surface area (Å²) in [7, 11) is 0. The molecule has 1 aromatic rings. The van der Waals surface area contributed by atoms with Gasteiger partial charge in [-0.2, -0.15) is 13.2 Å². The number of alkyl halides is 3. The number of anilines is 1. The second kappa shape index (κ2) is 8.81. The second-order valence-electron chi connectivity index (χ2n) is 9.20. The number of amides is 2. The SMILES string of the molecule is Cc1cc(C(F)(F)F)ccc1NC(=O)C[C@@H]1OC[C@H]2CN(C(=O)CC3CCC3)CC[C@@H]21. The molecule has 3 atom stereocenters. The van der Waals surface area contributed by atoms with E-state index < -0.39 is 11.7 Å². The predicted molar refractivity (Wildman–Crippen MR) is 109 cm³/mol. The number of hydrogen-bond donors (Lipinski definition) is 1. The lowest BCUT2D eigenvalue weighted by Crippen LogP contribution is -2.45. The van der Waals surface area contributed by atoms with Gasteiger partial charge in [-0.05, 0) is 61.8 Å². The monoisotopic (exact) mass is 438 g/mol. The number of nitrogens with zero attached hydrogens (tertiary/aromatic N) is 1. The van der Waals surface area contributed by atoms with Gasteiger partial charge in [-0.1, -0.05) is 6.42 Å². The summed E-state index contributed by atoms with van der Waals surface area (Å²) in [5, 5.41) is 2.72. The first-order valence-corrected chi connectivity index (χ1v) is 11.1. The number of piperidine rings is 1. The molecule has 3 aliphatic rings. The Balaban J connectivity index is 1.29. The first-order chi connectivity index (χ1) is 14.7. The van der Waals surface area contributed by atoms with E-state index in [0.717, 1.165) is 31.4 Å². The minimum atomic E-state index is -4.41.